The van der Waals surface area contributed by atoms with Crippen molar-refractivity contribution in [3.8, 4) is 0 Å². The lowest BCUT2D eigenvalue weighted by molar-refractivity contribution is -0.133. The molecule has 0 spiro atoms. The molecule has 1 aromatic rings. The fraction of sp³-hybridized carbons (Fsp3) is 0.0909. The van der Waals surface area contributed by atoms with E-state index in [1.165, 1.54) is 0 Å². The van der Waals surface area contributed by atoms with Gasteiger partial charge in [-0.25, -0.2) is 0 Å². The van der Waals surface area contributed by atoms with Crippen LogP contribution in [0.1, 0.15) is 5.56 Å². The summed E-state index contributed by atoms with van der Waals surface area (Å²) >= 11 is 5.70. The molecule has 1 amide bonds. The van der Waals surface area contributed by atoms with Crippen LogP contribution in [0.3, 0.4) is 0 Å². The zero-order valence-electron chi connectivity index (χ0n) is 8.16. The predicted molar refractivity (Wildman–Crippen MR) is 59.0 cm³/mol. The molecule has 82 valence electrons. The number of hydrogen-bond donors (Lipinski definition) is 2. The van der Waals surface area contributed by atoms with E-state index >= 15 is 0 Å². The Morgan fingerprint density at radius 1 is 1.25 bits per heavy atom. The third-order valence-electron chi connectivity index (χ3n) is 2.31. The van der Waals surface area contributed by atoms with Gasteiger partial charge in [-0.1, -0.05) is 11.6 Å². The molecule has 0 atom stereocenters. The predicted octanol–water partition coefficient (Wildman–Crippen LogP) is 1.31. The number of Topliss-reactive ketones (excluding diaryl/α,β-unsaturated/α-hetero) is 1. The van der Waals surface area contributed by atoms with Gasteiger partial charge in [0.05, 0.1) is 12.1 Å². The SMILES string of the molecule is O=C1NC/C(=C(\O)c2ccc(Cl)cc2)C1=O. The van der Waals surface area contributed by atoms with E-state index in [4.69, 9.17) is 11.6 Å². The molecule has 0 aliphatic carbocycles. The van der Waals surface area contributed by atoms with Crippen molar-refractivity contribution in [3.63, 3.8) is 0 Å². The summed E-state index contributed by atoms with van der Waals surface area (Å²) in [5, 5.41) is 12.7. The number of halogens is 1. The Morgan fingerprint density at radius 3 is 2.38 bits per heavy atom. The van der Waals surface area contributed by atoms with Gasteiger partial charge in [0, 0.05) is 10.6 Å². The molecular weight excluding hydrogens is 230 g/mol. The lowest BCUT2D eigenvalue weighted by Crippen LogP contribution is -2.18. The molecule has 4 nitrogen and oxygen atoms in total. The van der Waals surface area contributed by atoms with E-state index in [9.17, 15) is 14.7 Å². The van der Waals surface area contributed by atoms with Crippen LogP contribution in [0.25, 0.3) is 5.76 Å². The van der Waals surface area contributed by atoms with Gasteiger partial charge in [0.1, 0.15) is 5.76 Å². The Balaban J connectivity index is 2.41. The third-order valence-corrected chi connectivity index (χ3v) is 2.56. The third kappa shape index (κ3) is 1.79. The zero-order valence-corrected chi connectivity index (χ0v) is 8.91. The lowest BCUT2D eigenvalue weighted by atomic mass is 10.1. The topological polar surface area (TPSA) is 66.4 Å². The number of carbonyl (C=O) groups is 2. The Labute approximate surface area is 96.5 Å². The minimum absolute atomic E-state index is 0.0616. The van der Waals surface area contributed by atoms with E-state index in [1.807, 2.05) is 0 Å². The molecule has 2 rings (SSSR count). The van der Waals surface area contributed by atoms with Crippen molar-refractivity contribution in [1.82, 2.24) is 5.32 Å². The summed E-state index contributed by atoms with van der Waals surface area (Å²) in [5.41, 5.74) is 0.552. The highest BCUT2D eigenvalue weighted by atomic mass is 35.5. The number of amides is 1. The van der Waals surface area contributed by atoms with E-state index in [0.29, 0.717) is 10.6 Å². The monoisotopic (exact) mass is 237 g/mol. The summed E-state index contributed by atoms with van der Waals surface area (Å²) < 4.78 is 0. The number of rotatable bonds is 1. The van der Waals surface area contributed by atoms with Crippen LogP contribution in [-0.4, -0.2) is 23.3 Å². The van der Waals surface area contributed by atoms with Crippen LogP contribution in [0.4, 0.5) is 0 Å². The highest BCUT2D eigenvalue weighted by Gasteiger charge is 2.29. The fourth-order valence-electron chi connectivity index (χ4n) is 1.44. The average molecular weight is 238 g/mol. The Morgan fingerprint density at radius 2 is 1.88 bits per heavy atom. The number of aliphatic hydroxyl groups excluding tert-OH is 1. The molecule has 5 heteroatoms. The first-order valence-corrected chi connectivity index (χ1v) is 4.98. The first-order valence-electron chi connectivity index (χ1n) is 4.60. The van der Waals surface area contributed by atoms with Crippen LogP contribution in [0.15, 0.2) is 29.8 Å². The van der Waals surface area contributed by atoms with Crippen LogP contribution in [0, 0.1) is 0 Å². The molecule has 2 N–H and O–H groups in total. The molecule has 0 unspecified atom stereocenters. The van der Waals surface area contributed by atoms with Crippen LogP contribution in [0.2, 0.25) is 5.02 Å². The first-order chi connectivity index (χ1) is 7.59. The lowest BCUT2D eigenvalue weighted by Gasteiger charge is -2.02. The molecule has 1 aliphatic heterocycles. The molecule has 1 saturated heterocycles. The quantitative estimate of drug-likeness (QED) is 0.440. The van der Waals surface area contributed by atoms with E-state index < -0.39 is 11.7 Å². The summed E-state index contributed by atoms with van der Waals surface area (Å²) in [6.07, 6.45) is 0. The molecule has 0 aromatic heterocycles. The van der Waals surface area contributed by atoms with E-state index in [2.05, 4.69) is 5.32 Å². The minimum Gasteiger partial charge on any atom is -0.507 e. The standard InChI is InChI=1S/C11H8ClNO3/c12-7-3-1-6(2-4-7)9(14)8-5-13-11(16)10(8)15/h1-4,14H,5H2,(H,13,16)/b9-8+. The first kappa shape index (κ1) is 10.7. The van der Waals surface area contributed by atoms with Crippen molar-refractivity contribution in [3.05, 3.63) is 40.4 Å². The van der Waals surface area contributed by atoms with Gasteiger partial charge in [-0.15, -0.1) is 0 Å². The molecule has 1 fully saturated rings. The average Bonchev–Trinajstić information content (AvgIpc) is 2.60. The zero-order chi connectivity index (χ0) is 11.7. The molecule has 1 aliphatic rings. The van der Waals surface area contributed by atoms with Crippen molar-refractivity contribution in [1.29, 1.82) is 0 Å². The van der Waals surface area contributed by atoms with Gasteiger partial charge >= 0.3 is 0 Å². The highest BCUT2D eigenvalue weighted by Crippen LogP contribution is 2.20. The summed E-state index contributed by atoms with van der Waals surface area (Å²) in [6, 6.07) is 6.37. The van der Waals surface area contributed by atoms with Crippen molar-refractivity contribution in [2.75, 3.05) is 6.54 Å². The molecule has 16 heavy (non-hydrogen) atoms. The largest absolute Gasteiger partial charge is 0.507 e. The molecule has 0 radical (unpaired) electrons. The summed E-state index contributed by atoms with van der Waals surface area (Å²) in [4.78, 5) is 22.3. The van der Waals surface area contributed by atoms with Gasteiger partial charge < -0.3 is 10.4 Å². The molecular formula is C11H8ClNO3. The van der Waals surface area contributed by atoms with Crippen molar-refractivity contribution < 1.29 is 14.7 Å². The summed E-state index contributed by atoms with van der Waals surface area (Å²) in [6.45, 7) is 0.0616. The second-order valence-corrected chi connectivity index (χ2v) is 3.78. The summed E-state index contributed by atoms with van der Waals surface area (Å²) in [7, 11) is 0. The molecule has 0 saturated carbocycles. The van der Waals surface area contributed by atoms with E-state index in [0.717, 1.165) is 0 Å². The number of hydrogen-bond acceptors (Lipinski definition) is 3. The second-order valence-electron chi connectivity index (χ2n) is 3.35. The Kier molecular flexibility index (Phi) is 2.66. The van der Waals surface area contributed by atoms with Gasteiger partial charge in [0.2, 0.25) is 0 Å². The minimum atomic E-state index is -0.688. The number of carbonyl (C=O) groups excluding carboxylic acids is 2. The molecule has 1 aromatic carbocycles. The number of benzene rings is 1. The van der Waals surface area contributed by atoms with Gasteiger partial charge in [-0.05, 0) is 24.3 Å². The maximum atomic E-state index is 11.3. The van der Waals surface area contributed by atoms with Crippen LogP contribution in [0.5, 0.6) is 0 Å². The highest BCUT2D eigenvalue weighted by molar-refractivity contribution is 6.46. The maximum absolute atomic E-state index is 11.3. The maximum Gasteiger partial charge on any atom is 0.292 e. The second kappa shape index (κ2) is 3.98. The van der Waals surface area contributed by atoms with Crippen LogP contribution in [-0.2, 0) is 9.59 Å². The van der Waals surface area contributed by atoms with Crippen molar-refractivity contribution in [2.45, 2.75) is 0 Å². The van der Waals surface area contributed by atoms with Crippen LogP contribution < -0.4 is 5.32 Å². The van der Waals surface area contributed by atoms with Gasteiger partial charge in [0.25, 0.3) is 11.7 Å². The van der Waals surface area contributed by atoms with Crippen molar-refractivity contribution in [2.24, 2.45) is 0 Å². The Hall–Kier alpha value is -1.81. The normalized spacial score (nSPS) is 18.6. The van der Waals surface area contributed by atoms with E-state index in [1.54, 1.807) is 24.3 Å². The van der Waals surface area contributed by atoms with Crippen LogP contribution >= 0.6 is 11.6 Å². The van der Waals surface area contributed by atoms with Gasteiger partial charge in [-0.2, -0.15) is 0 Å². The molecule has 0 bridgehead atoms. The number of aliphatic hydroxyl groups is 1. The van der Waals surface area contributed by atoms with E-state index in [-0.39, 0.29) is 17.9 Å². The van der Waals surface area contributed by atoms with Gasteiger partial charge in [0.15, 0.2) is 0 Å². The number of nitrogens with one attached hydrogen (secondary N) is 1. The Bertz CT molecular complexity index is 490. The number of ketones is 1. The smallest absolute Gasteiger partial charge is 0.292 e. The fourth-order valence-corrected chi connectivity index (χ4v) is 1.57. The van der Waals surface area contributed by atoms with Gasteiger partial charge in [-0.3, -0.25) is 9.59 Å². The van der Waals surface area contributed by atoms with Crippen molar-refractivity contribution >= 4 is 29.1 Å². The molecule has 1 heterocycles. The summed E-state index contributed by atoms with van der Waals surface area (Å²) in [5.74, 6) is -1.55.